The molecular formula is C26H22FN3O2. The molecule has 4 aromatic rings. The minimum atomic E-state index is -0.284. The van der Waals surface area contributed by atoms with Crippen molar-refractivity contribution in [3.8, 4) is 16.9 Å². The van der Waals surface area contributed by atoms with E-state index in [4.69, 9.17) is 4.74 Å². The molecule has 1 aliphatic rings. The van der Waals surface area contributed by atoms with Crippen LogP contribution in [0.4, 0.5) is 4.39 Å². The highest BCUT2D eigenvalue weighted by Gasteiger charge is 2.30. The van der Waals surface area contributed by atoms with Crippen molar-refractivity contribution >= 4 is 5.91 Å². The van der Waals surface area contributed by atoms with E-state index in [0.717, 1.165) is 27.8 Å². The Bertz CT molecular complexity index is 1260. The molecule has 0 saturated carbocycles. The van der Waals surface area contributed by atoms with Crippen LogP contribution in [0.25, 0.3) is 11.1 Å². The molecule has 1 aromatic heterocycles. The van der Waals surface area contributed by atoms with E-state index in [1.807, 2.05) is 54.7 Å². The summed E-state index contributed by atoms with van der Waals surface area (Å²) in [5, 5.41) is 4.21. The maximum atomic E-state index is 13.2. The largest absolute Gasteiger partial charge is 0.488 e. The van der Waals surface area contributed by atoms with E-state index in [0.29, 0.717) is 24.4 Å². The first kappa shape index (κ1) is 20.0. The molecule has 3 aromatic carbocycles. The van der Waals surface area contributed by atoms with Crippen LogP contribution in [0.2, 0.25) is 0 Å². The fourth-order valence-corrected chi connectivity index (χ4v) is 3.97. The van der Waals surface area contributed by atoms with Crippen molar-refractivity contribution in [3.63, 3.8) is 0 Å². The number of halogens is 1. The van der Waals surface area contributed by atoms with Gasteiger partial charge in [-0.1, -0.05) is 48.5 Å². The lowest BCUT2D eigenvalue weighted by Gasteiger charge is -2.16. The van der Waals surface area contributed by atoms with Crippen molar-refractivity contribution in [1.82, 2.24) is 14.7 Å². The summed E-state index contributed by atoms with van der Waals surface area (Å²) in [7, 11) is 1.89. The van der Waals surface area contributed by atoms with Crippen LogP contribution in [0.15, 0.2) is 79.1 Å². The molecule has 5 rings (SSSR count). The van der Waals surface area contributed by atoms with Crippen LogP contribution in [-0.4, -0.2) is 20.6 Å². The number of hydrogen-bond donors (Lipinski definition) is 0. The highest BCUT2D eigenvalue weighted by Crippen LogP contribution is 2.32. The third-order valence-electron chi connectivity index (χ3n) is 5.65. The Kier molecular flexibility index (Phi) is 5.19. The van der Waals surface area contributed by atoms with Gasteiger partial charge in [0.1, 0.15) is 18.2 Å². The zero-order valence-electron chi connectivity index (χ0n) is 17.7. The molecule has 0 aliphatic carbocycles. The number of fused-ring (bicyclic) bond motifs is 1. The molecule has 0 atom stereocenters. The van der Waals surface area contributed by atoms with Gasteiger partial charge in [-0.2, -0.15) is 5.10 Å². The molecule has 0 bridgehead atoms. The van der Waals surface area contributed by atoms with Crippen LogP contribution < -0.4 is 4.74 Å². The number of nitrogens with zero attached hydrogens (tertiary/aromatic N) is 3. The lowest BCUT2D eigenvalue weighted by atomic mass is 10.1. The maximum absolute atomic E-state index is 13.2. The number of carbonyl (C=O) groups is 1. The van der Waals surface area contributed by atoms with Gasteiger partial charge >= 0.3 is 0 Å². The summed E-state index contributed by atoms with van der Waals surface area (Å²) < 4.78 is 20.8. The zero-order valence-corrected chi connectivity index (χ0v) is 17.7. The van der Waals surface area contributed by atoms with E-state index in [1.165, 1.54) is 12.1 Å². The molecule has 0 spiro atoms. The molecule has 0 fully saturated rings. The number of amides is 1. The molecule has 5 nitrogen and oxygen atoms in total. The van der Waals surface area contributed by atoms with Gasteiger partial charge in [-0.15, -0.1) is 0 Å². The Morgan fingerprint density at radius 1 is 0.969 bits per heavy atom. The average Bonchev–Trinajstić information content (AvgIpc) is 3.37. The third-order valence-corrected chi connectivity index (χ3v) is 5.65. The minimum Gasteiger partial charge on any atom is -0.488 e. The van der Waals surface area contributed by atoms with Crippen LogP contribution in [0.1, 0.15) is 27.0 Å². The van der Waals surface area contributed by atoms with E-state index in [9.17, 15) is 9.18 Å². The zero-order chi connectivity index (χ0) is 22.1. The van der Waals surface area contributed by atoms with Gasteiger partial charge in [0.2, 0.25) is 0 Å². The van der Waals surface area contributed by atoms with E-state index in [-0.39, 0.29) is 18.3 Å². The second kappa shape index (κ2) is 8.30. The summed E-state index contributed by atoms with van der Waals surface area (Å²) in [4.78, 5) is 15.0. The maximum Gasteiger partial charge on any atom is 0.258 e. The van der Waals surface area contributed by atoms with Crippen LogP contribution in [-0.2, 0) is 26.7 Å². The SMILES string of the molecule is Cn1cc(-c2ccc(CN3Cc4cccc(OCc5ccc(F)cc5)c4C3=O)cc2)cn1. The lowest BCUT2D eigenvalue weighted by molar-refractivity contribution is 0.0763. The van der Waals surface area contributed by atoms with E-state index >= 15 is 0 Å². The van der Waals surface area contributed by atoms with Gasteiger partial charge in [-0.25, -0.2) is 4.39 Å². The van der Waals surface area contributed by atoms with Crippen molar-refractivity contribution in [2.75, 3.05) is 0 Å². The van der Waals surface area contributed by atoms with Gasteiger partial charge in [-0.3, -0.25) is 9.48 Å². The number of ether oxygens (including phenoxy) is 1. The Morgan fingerprint density at radius 2 is 1.72 bits per heavy atom. The molecule has 0 radical (unpaired) electrons. The predicted molar refractivity (Wildman–Crippen MR) is 119 cm³/mol. The molecule has 160 valence electrons. The first-order valence-electron chi connectivity index (χ1n) is 10.4. The van der Waals surface area contributed by atoms with Crippen molar-refractivity contribution in [1.29, 1.82) is 0 Å². The molecule has 6 heteroatoms. The van der Waals surface area contributed by atoms with E-state index in [2.05, 4.69) is 17.2 Å². The van der Waals surface area contributed by atoms with Gasteiger partial charge in [0.15, 0.2) is 0 Å². The number of aromatic nitrogens is 2. The molecule has 32 heavy (non-hydrogen) atoms. The van der Waals surface area contributed by atoms with Crippen molar-refractivity contribution in [2.24, 2.45) is 7.05 Å². The van der Waals surface area contributed by atoms with Crippen LogP contribution >= 0.6 is 0 Å². The van der Waals surface area contributed by atoms with Gasteiger partial charge in [-0.05, 0) is 40.5 Å². The molecule has 2 heterocycles. The van der Waals surface area contributed by atoms with E-state index in [1.54, 1.807) is 16.8 Å². The standard InChI is InChI=1S/C26H22FN3O2/c1-29-15-22(13-28-29)20-9-5-18(6-10-20)14-30-16-21-3-2-4-24(25(21)26(30)31)32-17-19-7-11-23(27)12-8-19/h2-13,15H,14,16-17H2,1H3. The highest BCUT2D eigenvalue weighted by atomic mass is 19.1. The second-order valence-corrected chi connectivity index (χ2v) is 7.97. The summed E-state index contributed by atoms with van der Waals surface area (Å²) in [6.07, 6.45) is 3.81. The minimum absolute atomic E-state index is 0.0361. The summed E-state index contributed by atoms with van der Waals surface area (Å²) in [6, 6.07) is 20.0. The summed E-state index contributed by atoms with van der Waals surface area (Å²) >= 11 is 0. The average molecular weight is 427 g/mol. The molecule has 0 unspecified atom stereocenters. The Morgan fingerprint density at radius 3 is 2.44 bits per heavy atom. The number of hydrogen-bond acceptors (Lipinski definition) is 3. The fourth-order valence-electron chi connectivity index (χ4n) is 3.97. The molecule has 1 amide bonds. The number of benzene rings is 3. The monoisotopic (exact) mass is 427 g/mol. The Hall–Kier alpha value is -3.93. The van der Waals surface area contributed by atoms with E-state index < -0.39 is 0 Å². The van der Waals surface area contributed by atoms with Gasteiger partial charge in [0.05, 0.1) is 11.8 Å². The first-order valence-corrected chi connectivity index (χ1v) is 10.4. The molecule has 0 N–H and O–H groups in total. The summed E-state index contributed by atoms with van der Waals surface area (Å²) in [5.41, 5.74) is 5.63. The molecular weight excluding hydrogens is 405 g/mol. The van der Waals surface area contributed by atoms with Crippen molar-refractivity contribution < 1.29 is 13.9 Å². The normalized spacial score (nSPS) is 12.8. The highest BCUT2D eigenvalue weighted by molar-refractivity contribution is 6.01. The number of carbonyl (C=O) groups excluding carboxylic acids is 1. The first-order chi connectivity index (χ1) is 15.6. The number of rotatable bonds is 6. The Balaban J connectivity index is 1.29. The summed E-state index contributed by atoms with van der Waals surface area (Å²) in [6.45, 7) is 1.35. The van der Waals surface area contributed by atoms with Crippen LogP contribution in [0.3, 0.4) is 0 Å². The van der Waals surface area contributed by atoms with Crippen molar-refractivity contribution in [3.05, 3.63) is 107 Å². The molecule has 1 aliphatic heterocycles. The molecule has 0 saturated heterocycles. The quantitative estimate of drug-likeness (QED) is 0.437. The number of aryl methyl sites for hydroxylation is 1. The predicted octanol–water partition coefficient (Wildman–Crippen LogP) is 4.96. The van der Waals surface area contributed by atoms with Gasteiger partial charge < -0.3 is 9.64 Å². The lowest BCUT2D eigenvalue weighted by Crippen LogP contribution is -2.23. The second-order valence-electron chi connectivity index (χ2n) is 7.97. The van der Waals surface area contributed by atoms with Crippen LogP contribution in [0.5, 0.6) is 5.75 Å². The Labute approximate surface area is 185 Å². The third kappa shape index (κ3) is 3.99. The smallest absolute Gasteiger partial charge is 0.258 e. The summed E-state index contributed by atoms with van der Waals surface area (Å²) in [5.74, 6) is 0.242. The van der Waals surface area contributed by atoms with Gasteiger partial charge in [0, 0.05) is 31.9 Å². The van der Waals surface area contributed by atoms with Gasteiger partial charge in [0.25, 0.3) is 5.91 Å². The fraction of sp³-hybridized carbons (Fsp3) is 0.154. The van der Waals surface area contributed by atoms with Crippen molar-refractivity contribution in [2.45, 2.75) is 19.7 Å². The van der Waals surface area contributed by atoms with Crippen LogP contribution in [0, 0.1) is 5.82 Å². The topological polar surface area (TPSA) is 47.4 Å².